The molecule has 1 aromatic carbocycles. The van der Waals surface area contributed by atoms with Gasteiger partial charge >= 0.3 is 0 Å². The summed E-state index contributed by atoms with van der Waals surface area (Å²) >= 11 is 1.87. The fourth-order valence-corrected chi connectivity index (χ4v) is 4.99. The van der Waals surface area contributed by atoms with Crippen LogP contribution >= 0.6 is 11.8 Å². The molecule has 1 fully saturated rings. The van der Waals surface area contributed by atoms with Crippen LogP contribution in [0.4, 0.5) is 0 Å². The summed E-state index contributed by atoms with van der Waals surface area (Å²) in [5.41, 5.74) is 2.28. The molecule has 3 heteroatoms. The molecule has 1 saturated heterocycles. The highest BCUT2D eigenvalue weighted by Gasteiger charge is 2.41. The Hall–Kier alpha value is -0.510. The van der Waals surface area contributed by atoms with E-state index in [1.807, 2.05) is 11.8 Å². The first-order valence-electron chi connectivity index (χ1n) is 7.47. The third-order valence-corrected chi connectivity index (χ3v) is 6.06. The predicted octanol–water partition coefficient (Wildman–Crippen LogP) is 3.58. The van der Waals surface area contributed by atoms with E-state index in [0.717, 1.165) is 37.4 Å². The highest BCUT2D eigenvalue weighted by molar-refractivity contribution is 7.99. The van der Waals surface area contributed by atoms with Crippen LogP contribution in [0.2, 0.25) is 0 Å². The van der Waals surface area contributed by atoms with Crippen LogP contribution in [0.5, 0.6) is 0 Å². The molecule has 0 aromatic heterocycles. The van der Waals surface area contributed by atoms with Crippen LogP contribution < -0.4 is 0 Å². The van der Waals surface area contributed by atoms with Gasteiger partial charge in [0.25, 0.3) is 0 Å². The molecule has 0 aliphatic carbocycles. The van der Waals surface area contributed by atoms with Crippen LogP contribution in [0.15, 0.2) is 24.3 Å². The Morgan fingerprint density at radius 1 is 1.30 bits per heavy atom. The van der Waals surface area contributed by atoms with Crippen LogP contribution in [0, 0.1) is 5.41 Å². The van der Waals surface area contributed by atoms with Gasteiger partial charge in [0.2, 0.25) is 0 Å². The van der Waals surface area contributed by atoms with Crippen LogP contribution in [-0.2, 0) is 11.2 Å². The lowest BCUT2D eigenvalue weighted by Crippen LogP contribution is -2.44. The molecular weight excluding hydrogens is 268 g/mol. The molecule has 20 heavy (non-hydrogen) atoms. The van der Waals surface area contributed by atoms with Gasteiger partial charge in [-0.2, -0.15) is 11.8 Å². The molecule has 2 aliphatic heterocycles. The molecule has 2 atom stereocenters. The normalized spacial score (nSPS) is 32.6. The van der Waals surface area contributed by atoms with Crippen molar-refractivity contribution < 1.29 is 9.84 Å². The van der Waals surface area contributed by atoms with Crippen molar-refractivity contribution in [1.82, 2.24) is 0 Å². The fraction of sp³-hybridized carbons (Fsp3) is 0.647. The van der Waals surface area contributed by atoms with Crippen molar-refractivity contribution in [2.45, 2.75) is 44.8 Å². The summed E-state index contributed by atoms with van der Waals surface area (Å²) in [6, 6.07) is 8.51. The van der Waals surface area contributed by atoms with Gasteiger partial charge in [-0.25, -0.2) is 0 Å². The number of thioether (sulfide) groups is 1. The minimum Gasteiger partial charge on any atom is -0.389 e. The predicted molar refractivity (Wildman–Crippen MR) is 84.1 cm³/mol. The maximum Gasteiger partial charge on any atom is 0.0855 e. The van der Waals surface area contributed by atoms with E-state index in [9.17, 15) is 5.11 Å². The van der Waals surface area contributed by atoms with Crippen molar-refractivity contribution in [2.75, 3.05) is 18.1 Å². The third kappa shape index (κ3) is 3.05. The molecular formula is C17H24O2S. The van der Waals surface area contributed by atoms with Gasteiger partial charge < -0.3 is 9.84 Å². The van der Waals surface area contributed by atoms with E-state index in [-0.39, 0.29) is 11.5 Å². The number of fused-ring (bicyclic) bond motifs is 1. The molecule has 0 saturated carbocycles. The zero-order valence-corrected chi connectivity index (χ0v) is 13.2. The first-order chi connectivity index (χ1) is 9.48. The Bertz CT molecular complexity index is 486. The van der Waals surface area contributed by atoms with Gasteiger partial charge in [-0.1, -0.05) is 38.1 Å². The lowest BCUT2D eigenvalue weighted by atomic mass is 9.78. The van der Waals surface area contributed by atoms with E-state index in [0.29, 0.717) is 0 Å². The first kappa shape index (κ1) is 14.4. The maximum absolute atomic E-state index is 11.0. The Labute approximate surface area is 125 Å². The first-order valence-corrected chi connectivity index (χ1v) is 8.63. The SMILES string of the molecule is CC1(C)CSCC(O)(CC2OCCc3ccccc32)C1. The lowest BCUT2D eigenvalue weighted by molar-refractivity contribution is -0.0533. The largest absolute Gasteiger partial charge is 0.389 e. The Balaban J connectivity index is 1.78. The quantitative estimate of drug-likeness (QED) is 0.903. The van der Waals surface area contributed by atoms with E-state index in [1.54, 1.807) is 0 Å². The van der Waals surface area contributed by atoms with Crippen LogP contribution in [0.1, 0.15) is 43.9 Å². The number of benzene rings is 1. The van der Waals surface area contributed by atoms with Gasteiger partial charge in [0, 0.05) is 12.2 Å². The van der Waals surface area contributed by atoms with Crippen LogP contribution in [-0.4, -0.2) is 28.8 Å². The van der Waals surface area contributed by atoms with Crippen LogP contribution in [0.25, 0.3) is 0 Å². The monoisotopic (exact) mass is 292 g/mol. The number of rotatable bonds is 2. The second-order valence-corrected chi connectivity index (χ2v) is 8.06. The minimum absolute atomic E-state index is 0.0550. The second kappa shape index (κ2) is 5.36. The number of ether oxygens (including phenoxy) is 1. The Morgan fingerprint density at radius 3 is 2.90 bits per heavy atom. The molecule has 1 aromatic rings. The summed E-state index contributed by atoms with van der Waals surface area (Å²) in [5, 5.41) is 11.0. The molecule has 0 spiro atoms. The molecule has 0 amide bonds. The molecule has 3 rings (SSSR count). The summed E-state index contributed by atoms with van der Waals surface area (Å²) < 4.78 is 5.97. The second-order valence-electron chi connectivity index (χ2n) is 7.07. The summed E-state index contributed by atoms with van der Waals surface area (Å²) in [7, 11) is 0. The molecule has 1 N–H and O–H groups in total. The van der Waals surface area contributed by atoms with Crippen molar-refractivity contribution in [3.63, 3.8) is 0 Å². The molecule has 0 radical (unpaired) electrons. The highest BCUT2D eigenvalue weighted by Crippen LogP contribution is 2.44. The van der Waals surface area contributed by atoms with E-state index in [2.05, 4.69) is 38.1 Å². The van der Waals surface area contributed by atoms with Crippen molar-refractivity contribution >= 4 is 11.8 Å². The molecule has 2 unspecified atom stereocenters. The molecule has 0 bridgehead atoms. The highest BCUT2D eigenvalue weighted by atomic mass is 32.2. The van der Waals surface area contributed by atoms with Gasteiger partial charge in [-0.3, -0.25) is 0 Å². The lowest BCUT2D eigenvalue weighted by Gasteiger charge is -2.43. The molecule has 2 aliphatic rings. The summed E-state index contributed by atoms with van der Waals surface area (Å²) in [4.78, 5) is 0. The smallest absolute Gasteiger partial charge is 0.0855 e. The average molecular weight is 292 g/mol. The maximum atomic E-state index is 11.0. The van der Waals surface area contributed by atoms with Crippen molar-refractivity contribution in [1.29, 1.82) is 0 Å². The van der Waals surface area contributed by atoms with Crippen molar-refractivity contribution in [3.8, 4) is 0 Å². The molecule has 2 nitrogen and oxygen atoms in total. The van der Waals surface area contributed by atoms with Crippen LogP contribution in [0.3, 0.4) is 0 Å². The fourth-order valence-electron chi connectivity index (χ4n) is 3.63. The van der Waals surface area contributed by atoms with Gasteiger partial charge in [-0.05, 0) is 35.1 Å². The molecule has 110 valence electrons. The number of aliphatic hydroxyl groups is 1. The van der Waals surface area contributed by atoms with Crippen molar-refractivity contribution in [2.24, 2.45) is 5.41 Å². The van der Waals surface area contributed by atoms with E-state index in [4.69, 9.17) is 4.74 Å². The van der Waals surface area contributed by atoms with Gasteiger partial charge in [0.05, 0.1) is 18.3 Å². The van der Waals surface area contributed by atoms with Gasteiger partial charge in [-0.15, -0.1) is 0 Å². The Kier molecular flexibility index (Phi) is 3.87. The Morgan fingerprint density at radius 2 is 2.10 bits per heavy atom. The molecule has 2 heterocycles. The van der Waals surface area contributed by atoms with E-state index in [1.165, 1.54) is 11.1 Å². The summed E-state index contributed by atoms with van der Waals surface area (Å²) in [6.45, 7) is 5.27. The summed E-state index contributed by atoms with van der Waals surface area (Å²) in [5.74, 6) is 1.97. The standard InChI is InChI=1S/C17H24O2S/c1-16(2)10-17(18,12-20-11-16)9-15-14-6-4-3-5-13(14)7-8-19-15/h3-6,15,18H,7-12H2,1-2H3. The minimum atomic E-state index is -0.596. The van der Waals surface area contributed by atoms with E-state index >= 15 is 0 Å². The zero-order chi connectivity index (χ0) is 14.2. The zero-order valence-electron chi connectivity index (χ0n) is 12.4. The third-order valence-electron chi connectivity index (χ3n) is 4.33. The number of hydrogen-bond donors (Lipinski definition) is 1. The summed E-state index contributed by atoms with van der Waals surface area (Å²) in [6.07, 6.45) is 2.64. The average Bonchev–Trinajstić information content (AvgIpc) is 2.37. The van der Waals surface area contributed by atoms with Gasteiger partial charge in [0.15, 0.2) is 0 Å². The van der Waals surface area contributed by atoms with Gasteiger partial charge in [0.1, 0.15) is 0 Å². The van der Waals surface area contributed by atoms with Crippen molar-refractivity contribution in [3.05, 3.63) is 35.4 Å². The van der Waals surface area contributed by atoms with E-state index < -0.39 is 5.60 Å². The number of hydrogen-bond acceptors (Lipinski definition) is 3. The topological polar surface area (TPSA) is 29.5 Å².